The van der Waals surface area contributed by atoms with Crippen molar-refractivity contribution in [2.24, 2.45) is 0 Å². The SMILES string of the molecule is Cc1c(C(=O)c2ccc(O)cc2)oc2ccc3c(c12)OCCC3. The molecule has 2 heterocycles. The fourth-order valence-corrected chi connectivity index (χ4v) is 3.11. The van der Waals surface area contributed by atoms with Gasteiger partial charge in [-0.2, -0.15) is 0 Å². The lowest BCUT2D eigenvalue weighted by atomic mass is 10.00. The molecule has 4 rings (SSSR count). The summed E-state index contributed by atoms with van der Waals surface area (Å²) in [6.07, 6.45) is 1.99. The highest BCUT2D eigenvalue weighted by atomic mass is 16.5. The average Bonchev–Trinajstić information content (AvgIpc) is 2.92. The molecular weight excluding hydrogens is 292 g/mol. The van der Waals surface area contributed by atoms with Gasteiger partial charge in [-0.05, 0) is 55.7 Å². The number of fused-ring (bicyclic) bond motifs is 3. The van der Waals surface area contributed by atoms with Gasteiger partial charge in [0.15, 0.2) is 5.76 Å². The fourth-order valence-electron chi connectivity index (χ4n) is 3.11. The zero-order valence-corrected chi connectivity index (χ0v) is 12.8. The van der Waals surface area contributed by atoms with Gasteiger partial charge in [-0.15, -0.1) is 0 Å². The van der Waals surface area contributed by atoms with E-state index >= 15 is 0 Å². The van der Waals surface area contributed by atoms with Crippen LogP contribution in [0.5, 0.6) is 11.5 Å². The van der Waals surface area contributed by atoms with Crippen LogP contribution >= 0.6 is 0 Å². The van der Waals surface area contributed by atoms with Crippen molar-refractivity contribution in [3.05, 3.63) is 58.8 Å². The molecule has 0 saturated carbocycles. The lowest BCUT2D eigenvalue weighted by Crippen LogP contribution is -2.08. The van der Waals surface area contributed by atoms with Crippen LogP contribution in [0.1, 0.15) is 33.7 Å². The molecule has 4 nitrogen and oxygen atoms in total. The normalized spacial score (nSPS) is 13.6. The van der Waals surface area contributed by atoms with Crippen molar-refractivity contribution in [2.45, 2.75) is 19.8 Å². The van der Waals surface area contributed by atoms with E-state index in [1.807, 2.05) is 19.1 Å². The number of ketones is 1. The van der Waals surface area contributed by atoms with Gasteiger partial charge in [0.05, 0.1) is 12.0 Å². The number of furan rings is 1. The third-order valence-corrected chi connectivity index (χ3v) is 4.30. The Morgan fingerprint density at radius 3 is 2.70 bits per heavy atom. The van der Waals surface area contributed by atoms with Crippen LogP contribution in [-0.4, -0.2) is 17.5 Å². The molecule has 1 aromatic heterocycles. The average molecular weight is 308 g/mol. The predicted molar refractivity (Wildman–Crippen MR) is 86.3 cm³/mol. The number of ether oxygens (including phenoxy) is 1. The van der Waals surface area contributed by atoms with E-state index in [0.717, 1.165) is 35.1 Å². The minimum absolute atomic E-state index is 0.130. The molecular formula is C19H16O4. The molecule has 4 heteroatoms. The minimum Gasteiger partial charge on any atom is -0.508 e. The maximum absolute atomic E-state index is 12.7. The van der Waals surface area contributed by atoms with Crippen molar-refractivity contribution in [1.82, 2.24) is 0 Å². The summed E-state index contributed by atoms with van der Waals surface area (Å²) < 4.78 is 11.6. The first-order chi connectivity index (χ1) is 11.1. The van der Waals surface area contributed by atoms with Crippen molar-refractivity contribution in [1.29, 1.82) is 0 Å². The summed E-state index contributed by atoms with van der Waals surface area (Å²) in [5.74, 6) is 1.11. The van der Waals surface area contributed by atoms with Gasteiger partial charge in [0.25, 0.3) is 0 Å². The van der Waals surface area contributed by atoms with E-state index in [-0.39, 0.29) is 11.5 Å². The van der Waals surface area contributed by atoms with Gasteiger partial charge in [-0.3, -0.25) is 4.79 Å². The number of benzene rings is 2. The molecule has 0 saturated heterocycles. The Kier molecular flexibility index (Phi) is 3.11. The highest BCUT2D eigenvalue weighted by molar-refractivity contribution is 6.11. The molecule has 2 aromatic carbocycles. The van der Waals surface area contributed by atoms with Gasteiger partial charge in [-0.1, -0.05) is 6.07 Å². The molecule has 0 fully saturated rings. The van der Waals surface area contributed by atoms with Crippen LogP contribution in [0.15, 0.2) is 40.8 Å². The third-order valence-electron chi connectivity index (χ3n) is 4.30. The van der Waals surface area contributed by atoms with E-state index in [4.69, 9.17) is 9.15 Å². The van der Waals surface area contributed by atoms with Crippen molar-refractivity contribution in [2.75, 3.05) is 6.61 Å². The Bertz CT molecular complexity index is 903. The summed E-state index contributed by atoms with van der Waals surface area (Å²) in [6.45, 7) is 2.58. The van der Waals surface area contributed by atoms with Crippen LogP contribution in [0.4, 0.5) is 0 Å². The van der Waals surface area contributed by atoms with Crippen LogP contribution in [0.2, 0.25) is 0 Å². The molecule has 1 aliphatic rings. The lowest BCUT2D eigenvalue weighted by Gasteiger charge is -2.17. The van der Waals surface area contributed by atoms with Gasteiger partial charge >= 0.3 is 0 Å². The zero-order chi connectivity index (χ0) is 16.0. The third kappa shape index (κ3) is 2.18. The molecule has 23 heavy (non-hydrogen) atoms. The molecule has 0 bridgehead atoms. The second-order valence-electron chi connectivity index (χ2n) is 5.81. The first-order valence-corrected chi connectivity index (χ1v) is 7.66. The molecule has 0 aliphatic carbocycles. The molecule has 1 aliphatic heterocycles. The van der Waals surface area contributed by atoms with Crippen LogP contribution in [0.3, 0.4) is 0 Å². The smallest absolute Gasteiger partial charge is 0.228 e. The molecule has 1 N–H and O–H groups in total. The summed E-state index contributed by atoms with van der Waals surface area (Å²) in [4.78, 5) is 12.7. The molecule has 0 spiro atoms. The molecule has 0 amide bonds. The highest BCUT2D eigenvalue weighted by Gasteiger charge is 2.24. The summed E-state index contributed by atoms with van der Waals surface area (Å²) in [7, 11) is 0. The number of hydrogen-bond donors (Lipinski definition) is 1. The van der Waals surface area contributed by atoms with E-state index in [0.29, 0.717) is 23.5 Å². The van der Waals surface area contributed by atoms with Crippen molar-refractivity contribution in [3.63, 3.8) is 0 Å². The van der Waals surface area contributed by atoms with Crippen LogP contribution in [-0.2, 0) is 6.42 Å². The van der Waals surface area contributed by atoms with Gasteiger partial charge in [-0.25, -0.2) is 0 Å². The quantitative estimate of drug-likeness (QED) is 0.727. The van der Waals surface area contributed by atoms with E-state index in [1.165, 1.54) is 12.1 Å². The maximum atomic E-state index is 12.7. The summed E-state index contributed by atoms with van der Waals surface area (Å²) in [6, 6.07) is 10.1. The zero-order valence-electron chi connectivity index (χ0n) is 12.8. The predicted octanol–water partition coefficient (Wildman–Crippen LogP) is 4.00. The van der Waals surface area contributed by atoms with E-state index < -0.39 is 0 Å². The summed E-state index contributed by atoms with van der Waals surface area (Å²) in [5.41, 5.74) is 3.12. The van der Waals surface area contributed by atoms with E-state index in [1.54, 1.807) is 12.1 Å². The van der Waals surface area contributed by atoms with Gasteiger partial charge in [0, 0.05) is 11.1 Å². The number of carbonyl (C=O) groups excluding carboxylic acids is 1. The Labute approximate surface area is 133 Å². The summed E-state index contributed by atoms with van der Waals surface area (Å²) >= 11 is 0. The Hall–Kier alpha value is -2.75. The number of aromatic hydroxyl groups is 1. The van der Waals surface area contributed by atoms with Crippen molar-refractivity contribution in [3.8, 4) is 11.5 Å². The standard InChI is InChI=1S/C19H16O4/c1-11-16-15(9-6-13-3-2-10-22-19(13)16)23-18(11)17(21)12-4-7-14(20)8-5-12/h4-9,20H,2-3,10H2,1H3. The lowest BCUT2D eigenvalue weighted by molar-refractivity contribution is 0.101. The molecule has 116 valence electrons. The molecule has 3 aromatic rings. The topological polar surface area (TPSA) is 59.7 Å². The van der Waals surface area contributed by atoms with Crippen molar-refractivity contribution >= 4 is 16.8 Å². The van der Waals surface area contributed by atoms with Gasteiger partial charge in [0.1, 0.15) is 17.1 Å². The number of phenolic OH excluding ortho intramolecular Hbond substituents is 1. The Balaban J connectivity index is 1.86. The molecule has 0 radical (unpaired) electrons. The first-order valence-electron chi connectivity index (χ1n) is 7.66. The van der Waals surface area contributed by atoms with E-state index in [9.17, 15) is 9.90 Å². The van der Waals surface area contributed by atoms with Crippen LogP contribution in [0, 0.1) is 6.92 Å². The van der Waals surface area contributed by atoms with Gasteiger partial charge in [0.2, 0.25) is 5.78 Å². The number of carbonyl (C=O) groups is 1. The largest absolute Gasteiger partial charge is 0.508 e. The van der Waals surface area contributed by atoms with Gasteiger partial charge < -0.3 is 14.3 Å². The number of phenols is 1. The molecule has 0 atom stereocenters. The monoisotopic (exact) mass is 308 g/mol. The van der Waals surface area contributed by atoms with Crippen LogP contribution in [0.25, 0.3) is 11.0 Å². The van der Waals surface area contributed by atoms with Crippen LogP contribution < -0.4 is 4.74 Å². The second kappa shape index (κ2) is 5.16. The minimum atomic E-state index is -0.191. The maximum Gasteiger partial charge on any atom is 0.228 e. The first kappa shape index (κ1) is 13.9. The van der Waals surface area contributed by atoms with E-state index in [2.05, 4.69) is 0 Å². The Morgan fingerprint density at radius 2 is 1.91 bits per heavy atom. The summed E-state index contributed by atoms with van der Waals surface area (Å²) in [5, 5.41) is 10.3. The van der Waals surface area contributed by atoms with Crippen molar-refractivity contribution < 1.29 is 19.1 Å². The number of rotatable bonds is 2. The number of aryl methyl sites for hydroxylation is 2. The fraction of sp³-hybridized carbons (Fsp3) is 0.211. The highest BCUT2D eigenvalue weighted by Crippen LogP contribution is 2.38. The Morgan fingerprint density at radius 1 is 1.13 bits per heavy atom. The molecule has 0 unspecified atom stereocenters. The second-order valence-corrected chi connectivity index (χ2v) is 5.81. The number of hydrogen-bond acceptors (Lipinski definition) is 4.